The third kappa shape index (κ3) is 2.99. The summed E-state index contributed by atoms with van der Waals surface area (Å²) in [4.78, 5) is 0. The summed E-state index contributed by atoms with van der Waals surface area (Å²) in [5, 5.41) is 3.11. The first-order valence-electron chi connectivity index (χ1n) is 6.73. The Hall–Kier alpha value is -1.87. The van der Waals surface area contributed by atoms with Crippen molar-refractivity contribution in [3.63, 3.8) is 0 Å². The van der Waals surface area contributed by atoms with Gasteiger partial charge in [-0.1, -0.05) is 12.1 Å². The molecule has 0 fully saturated rings. The Morgan fingerprint density at radius 2 is 1.85 bits per heavy atom. The monoisotopic (exact) mass is 273 g/mol. The van der Waals surface area contributed by atoms with Crippen molar-refractivity contribution in [1.82, 2.24) is 5.32 Å². The van der Waals surface area contributed by atoms with Gasteiger partial charge >= 0.3 is 0 Å². The fraction of sp³-hybridized carbons (Fsp3) is 0.294. The minimum absolute atomic E-state index is 0.0193. The molecule has 0 amide bonds. The first kappa shape index (κ1) is 14.5. The second-order valence-electron chi connectivity index (χ2n) is 4.99. The van der Waals surface area contributed by atoms with Crippen molar-refractivity contribution in [2.45, 2.75) is 26.8 Å². The third-order valence-electron chi connectivity index (χ3n) is 3.65. The quantitative estimate of drug-likeness (QED) is 0.884. The fourth-order valence-electron chi connectivity index (χ4n) is 2.06. The van der Waals surface area contributed by atoms with Gasteiger partial charge in [0.05, 0.1) is 0 Å². The van der Waals surface area contributed by atoms with E-state index in [0.717, 1.165) is 16.9 Å². The lowest BCUT2D eigenvalue weighted by Crippen LogP contribution is -2.13. The Morgan fingerprint density at radius 1 is 1.10 bits per heavy atom. The number of rotatable bonds is 4. The smallest absolute Gasteiger partial charge is 0.132 e. The van der Waals surface area contributed by atoms with E-state index in [1.54, 1.807) is 6.07 Å². The van der Waals surface area contributed by atoms with Crippen LogP contribution in [-0.2, 0) is 0 Å². The molecule has 2 rings (SSSR count). The highest BCUT2D eigenvalue weighted by atomic mass is 19.1. The number of nitrogens with one attached hydrogen (secondary N) is 1. The lowest BCUT2D eigenvalue weighted by Gasteiger charge is -2.18. The number of benzene rings is 2. The molecule has 3 heteroatoms. The van der Waals surface area contributed by atoms with Gasteiger partial charge in [-0.3, -0.25) is 0 Å². The van der Waals surface area contributed by atoms with E-state index in [1.165, 1.54) is 17.7 Å². The molecule has 1 N–H and O–H groups in total. The average Bonchev–Trinajstić information content (AvgIpc) is 2.44. The van der Waals surface area contributed by atoms with E-state index in [1.807, 2.05) is 46.0 Å². The van der Waals surface area contributed by atoms with Gasteiger partial charge in [-0.15, -0.1) is 0 Å². The highest BCUT2D eigenvalue weighted by molar-refractivity contribution is 5.44. The van der Waals surface area contributed by atoms with Gasteiger partial charge in [-0.2, -0.15) is 0 Å². The lowest BCUT2D eigenvalue weighted by atomic mass is 10.1. The van der Waals surface area contributed by atoms with Crippen LogP contribution < -0.4 is 10.1 Å². The van der Waals surface area contributed by atoms with E-state index >= 15 is 0 Å². The number of halogens is 1. The zero-order valence-electron chi connectivity index (χ0n) is 12.3. The molecular formula is C17H20FNO. The second-order valence-corrected chi connectivity index (χ2v) is 4.99. The summed E-state index contributed by atoms with van der Waals surface area (Å²) in [5.41, 5.74) is 3.08. The van der Waals surface area contributed by atoms with Crippen LogP contribution in [0.25, 0.3) is 0 Å². The van der Waals surface area contributed by atoms with Crippen LogP contribution in [0.3, 0.4) is 0 Å². The minimum Gasteiger partial charge on any atom is -0.457 e. The molecule has 0 aromatic heterocycles. The topological polar surface area (TPSA) is 21.3 Å². The highest BCUT2D eigenvalue weighted by Gasteiger charge is 2.13. The summed E-state index contributed by atoms with van der Waals surface area (Å²) in [7, 11) is 1.84. The van der Waals surface area contributed by atoms with Crippen LogP contribution in [0.2, 0.25) is 0 Å². The van der Waals surface area contributed by atoms with Gasteiger partial charge < -0.3 is 10.1 Å². The molecule has 0 saturated heterocycles. The Balaban J connectivity index is 2.40. The molecule has 106 valence electrons. The summed E-state index contributed by atoms with van der Waals surface area (Å²) >= 11 is 0. The lowest BCUT2D eigenvalue weighted by molar-refractivity contribution is 0.459. The average molecular weight is 273 g/mol. The maximum Gasteiger partial charge on any atom is 0.132 e. The molecule has 2 aromatic carbocycles. The van der Waals surface area contributed by atoms with E-state index in [0.29, 0.717) is 5.75 Å². The van der Waals surface area contributed by atoms with Crippen LogP contribution in [0.15, 0.2) is 36.4 Å². The Bertz CT molecular complexity index is 610. The first-order chi connectivity index (χ1) is 9.52. The van der Waals surface area contributed by atoms with Crippen molar-refractivity contribution in [3.05, 3.63) is 58.9 Å². The number of aryl methyl sites for hydroxylation is 1. The van der Waals surface area contributed by atoms with Crippen molar-refractivity contribution in [1.29, 1.82) is 0 Å². The van der Waals surface area contributed by atoms with Crippen LogP contribution in [-0.4, -0.2) is 7.05 Å². The fourth-order valence-corrected chi connectivity index (χ4v) is 2.06. The summed E-state index contributed by atoms with van der Waals surface area (Å²) in [6, 6.07) is 10.6. The molecule has 0 radical (unpaired) electrons. The van der Waals surface area contributed by atoms with Crippen LogP contribution in [0.4, 0.5) is 4.39 Å². The van der Waals surface area contributed by atoms with Gasteiger partial charge in [-0.05, 0) is 63.2 Å². The van der Waals surface area contributed by atoms with E-state index in [2.05, 4.69) is 5.32 Å². The Morgan fingerprint density at radius 3 is 2.55 bits per heavy atom. The molecular weight excluding hydrogens is 253 g/mol. The molecule has 1 unspecified atom stereocenters. The van der Waals surface area contributed by atoms with E-state index in [4.69, 9.17) is 4.74 Å². The SMILES string of the molecule is CNC(C)c1cc(F)ccc1Oc1cccc(C)c1C. The zero-order chi connectivity index (χ0) is 14.7. The van der Waals surface area contributed by atoms with Gasteiger partial charge in [-0.25, -0.2) is 4.39 Å². The summed E-state index contributed by atoms with van der Waals surface area (Å²) < 4.78 is 19.4. The first-order valence-corrected chi connectivity index (χ1v) is 6.73. The number of hydrogen-bond acceptors (Lipinski definition) is 2. The number of ether oxygens (including phenoxy) is 1. The summed E-state index contributed by atoms with van der Waals surface area (Å²) in [6.07, 6.45) is 0. The van der Waals surface area contributed by atoms with Crippen molar-refractivity contribution in [2.75, 3.05) is 7.05 Å². The van der Waals surface area contributed by atoms with Crippen LogP contribution >= 0.6 is 0 Å². The number of hydrogen-bond donors (Lipinski definition) is 1. The zero-order valence-corrected chi connectivity index (χ0v) is 12.3. The van der Waals surface area contributed by atoms with E-state index in [9.17, 15) is 4.39 Å². The van der Waals surface area contributed by atoms with E-state index < -0.39 is 0 Å². The predicted molar refractivity (Wildman–Crippen MR) is 79.9 cm³/mol. The van der Waals surface area contributed by atoms with Gasteiger partial charge in [0.1, 0.15) is 17.3 Å². The molecule has 0 saturated carbocycles. The molecule has 0 aliphatic carbocycles. The highest BCUT2D eigenvalue weighted by Crippen LogP contribution is 2.32. The molecule has 0 bridgehead atoms. The second kappa shape index (κ2) is 6.06. The predicted octanol–water partition coefficient (Wildman–Crippen LogP) is 4.52. The minimum atomic E-state index is -0.254. The van der Waals surface area contributed by atoms with Crippen molar-refractivity contribution in [2.24, 2.45) is 0 Å². The van der Waals surface area contributed by atoms with Crippen molar-refractivity contribution >= 4 is 0 Å². The van der Waals surface area contributed by atoms with Crippen LogP contribution in [0.1, 0.15) is 29.7 Å². The van der Waals surface area contributed by atoms with Gasteiger partial charge in [0.15, 0.2) is 0 Å². The maximum atomic E-state index is 13.4. The van der Waals surface area contributed by atoms with Gasteiger partial charge in [0.2, 0.25) is 0 Å². The van der Waals surface area contributed by atoms with Crippen molar-refractivity contribution in [3.8, 4) is 11.5 Å². The van der Waals surface area contributed by atoms with Crippen LogP contribution in [0.5, 0.6) is 11.5 Å². The van der Waals surface area contributed by atoms with Crippen molar-refractivity contribution < 1.29 is 9.13 Å². The Labute approximate surface area is 119 Å². The molecule has 1 atom stereocenters. The molecule has 0 aliphatic heterocycles. The molecule has 20 heavy (non-hydrogen) atoms. The van der Waals surface area contributed by atoms with Gasteiger partial charge in [0.25, 0.3) is 0 Å². The molecule has 0 aliphatic rings. The summed E-state index contributed by atoms with van der Waals surface area (Å²) in [6.45, 7) is 6.05. The molecule has 2 nitrogen and oxygen atoms in total. The molecule has 0 spiro atoms. The normalized spacial score (nSPS) is 12.2. The van der Waals surface area contributed by atoms with Crippen LogP contribution in [0, 0.1) is 19.7 Å². The Kier molecular flexibility index (Phi) is 4.40. The van der Waals surface area contributed by atoms with Gasteiger partial charge in [0, 0.05) is 11.6 Å². The molecule has 2 aromatic rings. The maximum absolute atomic E-state index is 13.4. The standard InChI is InChI=1S/C17H20FNO/c1-11-6-5-7-16(12(11)2)20-17-9-8-14(18)10-15(17)13(3)19-4/h5-10,13,19H,1-4H3. The third-order valence-corrected chi connectivity index (χ3v) is 3.65. The summed E-state index contributed by atoms with van der Waals surface area (Å²) in [5.74, 6) is 1.23. The van der Waals surface area contributed by atoms with E-state index in [-0.39, 0.29) is 11.9 Å². The molecule has 0 heterocycles. The largest absolute Gasteiger partial charge is 0.457 e.